The molecule has 43 heavy (non-hydrogen) atoms. The van der Waals surface area contributed by atoms with Gasteiger partial charge in [-0.1, -0.05) is 89.0 Å². The number of hydrogen-bond donors (Lipinski definition) is 2. The molecule has 0 aromatic heterocycles. The third kappa shape index (κ3) is 11.8. The lowest BCUT2D eigenvalue weighted by Crippen LogP contribution is -2.31. The van der Waals surface area contributed by atoms with E-state index in [9.17, 15) is 24.6 Å². The van der Waals surface area contributed by atoms with Gasteiger partial charge in [-0.15, -0.1) is 0 Å². The lowest BCUT2D eigenvalue weighted by atomic mass is 9.97. The number of rotatable bonds is 20. The second-order valence-electron chi connectivity index (χ2n) is 12.8. The van der Waals surface area contributed by atoms with E-state index < -0.39 is 21.2 Å². The van der Waals surface area contributed by atoms with Gasteiger partial charge in [0.25, 0.3) is 0 Å². The Morgan fingerprint density at radius 3 is 1.74 bits per heavy atom. The topological polar surface area (TPSA) is 101 Å². The molecule has 6 nitrogen and oxygen atoms in total. The molecule has 1 atom stereocenters. The molecule has 0 saturated heterocycles. The zero-order chi connectivity index (χ0) is 32.1. The Kier molecular flexibility index (Phi) is 14.6. The molecule has 0 aliphatic rings. The molecule has 2 aromatic rings. The van der Waals surface area contributed by atoms with Gasteiger partial charge in [0.1, 0.15) is 11.2 Å². The standard InChI is InChI=1S/C36H54O6S/c1-7-8-9-10-11-12-13-14-15-16-25-42-32(37)24-26-43(6,30-22-20-28(21-23-30)33(38)35(2,3)40)31-19-17-18-29(27-31)34(39)36(4,5)41/h17-23,27,40-41H,7-16,24-26H2,1-6H3. The fourth-order valence-corrected chi connectivity index (χ4v) is 7.86. The van der Waals surface area contributed by atoms with Crippen LogP contribution >= 0.6 is 10.0 Å². The number of aliphatic hydroxyl groups is 2. The monoisotopic (exact) mass is 614 g/mol. The first-order valence-electron chi connectivity index (χ1n) is 15.9. The number of carbonyl (C=O) groups is 3. The van der Waals surface area contributed by atoms with E-state index in [2.05, 4.69) is 13.2 Å². The van der Waals surface area contributed by atoms with Gasteiger partial charge in [0.2, 0.25) is 0 Å². The quantitative estimate of drug-likeness (QED) is 0.0884. The van der Waals surface area contributed by atoms with E-state index >= 15 is 0 Å². The van der Waals surface area contributed by atoms with Crippen LogP contribution in [0, 0.1) is 0 Å². The van der Waals surface area contributed by atoms with Crippen molar-refractivity contribution >= 4 is 27.6 Å². The van der Waals surface area contributed by atoms with Gasteiger partial charge in [0.15, 0.2) is 11.6 Å². The summed E-state index contributed by atoms with van der Waals surface area (Å²) >= 11 is 0. The maximum absolute atomic E-state index is 12.9. The molecule has 0 amide bonds. The lowest BCUT2D eigenvalue weighted by molar-refractivity contribution is -0.143. The predicted molar refractivity (Wildman–Crippen MR) is 176 cm³/mol. The number of benzene rings is 2. The molecule has 7 heteroatoms. The van der Waals surface area contributed by atoms with Crippen LogP contribution in [0.1, 0.15) is 126 Å². The van der Waals surface area contributed by atoms with E-state index in [-0.39, 0.29) is 24.0 Å². The molecule has 1 unspecified atom stereocenters. The van der Waals surface area contributed by atoms with Crippen molar-refractivity contribution < 1.29 is 29.3 Å². The van der Waals surface area contributed by atoms with Crippen molar-refractivity contribution in [3.63, 3.8) is 0 Å². The number of ketones is 2. The summed E-state index contributed by atoms with van der Waals surface area (Å²) in [5.41, 5.74) is -2.19. The zero-order valence-corrected chi connectivity index (χ0v) is 28.1. The molecule has 0 aliphatic heterocycles. The largest absolute Gasteiger partial charge is 0.466 e. The minimum Gasteiger partial charge on any atom is -0.466 e. The predicted octanol–water partition coefficient (Wildman–Crippen LogP) is 8.30. The van der Waals surface area contributed by atoms with E-state index in [4.69, 9.17) is 4.74 Å². The molecule has 0 aliphatic carbocycles. The van der Waals surface area contributed by atoms with Crippen LogP contribution in [0.15, 0.2) is 58.3 Å². The molecule has 0 bridgehead atoms. The zero-order valence-electron chi connectivity index (χ0n) is 27.2. The van der Waals surface area contributed by atoms with Gasteiger partial charge in [-0.3, -0.25) is 14.4 Å². The highest BCUT2D eigenvalue weighted by Crippen LogP contribution is 2.60. The number of ether oxygens (including phenoxy) is 1. The van der Waals surface area contributed by atoms with Crippen LogP contribution in [-0.4, -0.2) is 57.6 Å². The van der Waals surface area contributed by atoms with Gasteiger partial charge in [0.05, 0.1) is 13.0 Å². The minimum absolute atomic E-state index is 0.220. The van der Waals surface area contributed by atoms with Crippen molar-refractivity contribution in [2.45, 2.75) is 126 Å². The third-order valence-electron chi connectivity index (χ3n) is 7.84. The highest BCUT2D eigenvalue weighted by Gasteiger charge is 2.30. The fourth-order valence-electron chi connectivity index (χ4n) is 5.04. The summed E-state index contributed by atoms with van der Waals surface area (Å²) in [4.78, 5) is 40.1. The second-order valence-corrected chi connectivity index (χ2v) is 16.3. The van der Waals surface area contributed by atoms with Gasteiger partial charge in [-0.05, 0) is 80.2 Å². The highest BCUT2D eigenvalue weighted by molar-refractivity contribution is 8.33. The van der Waals surface area contributed by atoms with Gasteiger partial charge < -0.3 is 14.9 Å². The van der Waals surface area contributed by atoms with Crippen molar-refractivity contribution in [1.82, 2.24) is 0 Å². The van der Waals surface area contributed by atoms with Crippen LogP contribution < -0.4 is 0 Å². The van der Waals surface area contributed by atoms with Crippen molar-refractivity contribution in [2.24, 2.45) is 0 Å². The summed E-state index contributed by atoms with van der Waals surface area (Å²) in [5.74, 6) is -0.489. The number of carbonyl (C=O) groups excluding carboxylic acids is 3. The Hall–Kier alpha value is -2.48. The van der Waals surface area contributed by atoms with E-state index in [1.807, 2.05) is 18.2 Å². The van der Waals surface area contributed by atoms with E-state index in [1.165, 1.54) is 79.1 Å². The van der Waals surface area contributed by atoms with Crippen LogP contribution in [0.4, 0.5) is 0 Å². The normalized spacial score (nSPS) is 14.1. The van der Waals surface area contributed by atoms with Gasteiger partial charge in [-0.25, -0.2) is 0 Å². The van der Waals surface area contributed by atoms with Crippen molar-refractivity contribution in [3.8, 4) is 0 Å². The molecule has 2 rings (SSSR count). The first kappa shape index (κ1) is 36.7. The Balaban J connectivity index is 2.09. The summed E-state index contributed by atoms with van der Waals surface area (Å²) in [6.07, 6.45) is 14.5. The Morgan fingerprint density at radius 2 is 1.21 bits per heavy atom. The average molecular weight is 615 g/mol. The first-order valence-corrected chi connectivity index (χ1v) is 18.1. The molecule has 0 saturated carbocycles. The van der Waals surface area contributed by atoms with Crippen LogP contribution in [0.5, 0.6) is 0 Å². The summed E-state index contributed by atoms with van der Waals surface area (Å²) in [6.45, 7) is 8.52. The number of unbranched alkanes of at least 4 members (excludes halogenated alkanes) is 9. The molecule has 240 valence electrons. The number of hydrogen-bond acceptors (Lipinski definition) is 6. The molecule has 0 heterocycles. The molecule has 0 spiro atoms. The Morgan fingerprint density at radius 1 is 0.698 bits per heavy atom. The van der Waals surface area contributed by atoms with Gasteiger partial charge in [-0.2, -0.15) is 10.0 Å². The summed E-state index contributed by atoms with van der Waals surface area (Å²) in [6, 6.07) is 14.4. The van der Waals surface area contributed by atoms with Crippen molar-refractivity contribution in [3.05, 3.63) is 59.7 Å². The number of Topliss-reactive ketones (excluding diaryl/α,β-unsaturated/α-hetero) is 2. The maximum atomic E-state index is 12.9. The minimum atomic E-state index is -1.83. The Labute approximate surface area is 260 Å². The molecule has 0 fully saturated rings. The van der Waals surface area contributed by atoms with E-state index in [1.54, 1.807) is 30.3 Å². The number of esters is 1. The van der Waals surface area contributed by atoms with Crippen LogP contribution in [0.2, 0.25) is 0 Å². The van der Waals surface area contributed by atoms with Crippen molar-refractivity contribution in [1.29, 1.82) is 0 Å². The van der Waals surface area contributed by atoms with Crippen LogP contribution in [0.25, 0.3) is 0 Å². The third-order valence-corrected chi connectivity index (χ3v) is 11.5. The van der Waals surface area contributed by atoms with Crippen LogP contribution in [0.3, 0.4) is 0 Å². The first-order chi connectivity index (χ1) is 20.2. The SMILES string of the molecule is CCCCCCCCCCCCOC(=O)CCS(C)(c1ccc(C(=O)C(C)(C)O)cc1)c1cccc(C(=O)C(C)(C)O)c1. The summed E-state index contributed by atoms with van der Waals surface area (Å²) in [5, 5.41) is 20.5. The van der Waals surface area contributed by atoms with E-state index in [0.717, 1.165) is 22.6 Å². The van der Waals surface area contributed by atoms with Gasteiger partial charge >= 0.3 is 5.97 Å². The van der Waals surface area contributed by atoms with E-state index in [0.29, 0.717) is 23.5 Å². The molecular formula is C36H54O6S. The Bertz CT molecular complexity index is 1180. The highest BCUT2D eigenvalue weighted by atomic mass is 32.3. The summed E-state index contributed by atoms with van der Waals surface area (Å²) < 4.78 is 5.59. The fraction of sp³-hybridized carbons (Fsp3) is 0.583. The summed E-state index contributed by atoms with van der Waals surface area (Å²) in [7, 11) is -1.83. The smallest absolute Gasteiger partial charge is 0.306 e. The molecule has 0 radical (unpaired) electrons. The lowest BCUT2D eigenvalue weighted by Gasteiger charge is -2.37. The average Bonchev–Trinajstić information content (AvgIpc) is 2.97. The molecule has 2 N–H and O–H groups in total. The molecule has 2 aromatic carbocycles. The van der Waals surface area contributed by atoms with Crippen molar-refractivity contribution in [2.75, 3.05) is 18.6 Å². The van der Waals surface area contributed by atoms with Crippen LogP contribution in [-0.2, 0) is 9.53 Å². The van der Waals surface area contributed by atoms with Gasteiger partial charge in [0, 0.05) is 11.1 Å². The molecular weight excluding hydrogens is 560 g/mol. The second kappa shape index (κ2) is 17.1. The maximum Gasteiger partial charge on any atom is 0.306 e.